The molecule has 0 aromatic rings. The van der Waals surface area contributed by atoms with Crippen molar-refractivity contribution in [3.63, 3.8) is 0 Å². The molecule has 0 saturated carbocycles. The Bertz CT molecular complexity index is 432. The first-order valence-corrected chi connectivity index (χ1v) is 9.76. The molecule has 0 spiro atoms. The third-order valence-corrected chi connectivity index (χ3v) is 4.71. The van der Waals surface area contributed by atoms with Crippen LogP contribution < -0.4 is 0 Å². The number of aliphatic hydroxyl groups excluding tert-OH is 1. The van der Waals surface area contributed by atoms with Gasteiger partial charge in [0.15, 0.2) is 11.6 Å². The lowest BCUT2D eigenvalue weighted by Gasteiger charge is -2.26. The summed E-state index contributed by atoms with van der Waals surface area (Å²) in [6, 6.07) is 0. The Morgan fingerprint density at radius 3 is 2.36 bits per heavy atom. The summed E-state index contributed by atoms with van der Waals surface area (Å²) < 4.78 is 23.3. The van der Waals surface area contributed by atoms with E-state index in [4.69, 9.17) is 18.9 Å². The second-order valence-electron chi connectivity index (χ2n) is 8.05. The van der Waals surface area contributed by atoms with Gasteiger partial charge < -0.3 is 24.1 Å². The average molecular weight is 357 g/mol. The van der Waals surface area contributed by atoms with E-state index in [-0.39, 0.29) is 6.10 Å². The van der Waals surface area contributed by atoms with Crippen LogP contribution in [0.15, 0.2) is 12.2 Å². The van der Waals surface area contributed by atoms with Crippen LogP contribution in [0.25, 0.3) is 0 Å². The van der Waals surface area contributed by atoms with Crippen molar-refractivity contribution in [1.29, 1.82) is 0 Å². The van der Waals surface area contributed by atoms with Gasteiger partial charge in [0, 0.05) is 0 Å². The molecule has 2 aliphatic rings. The predicted octanol–water partition coefficient (Wildman–Crippen LogP) is 3.94. The number of aliphatic hydroxyl groups is 1. The molecular weight excluding hydrogens is 320 g/mol. The van der Waals surface area contributed by atoms with Gasteiger partial charge in [-0.05, 0) is 40.5 Å². The maximum atomic E-state index is 10.7. The zero-order chi connectivity index (χ0) is 18.5. The summed E-state index contributed by atoms with van der Waals surface area (Å²) in [7, 11) is 0. The highest BCUT2D eigenvalue weighted by Crippen LogP contribution is 2.34. The first kappa shape index (κ1) is 20.8. The Morgan fingerprint density at radius 1 is 1.00 bits per heavy atom. The van der Waals surface area contributed by atoms with E-state index in [9.17, 15) is 5.11 Å². The largest absolute Gasteiger partial charge is 0.387 e. The summed E-state index contributed by atoms with van der Waals surface area (Å²) in [6.45, 7) is 10.0. The van der Waals surface area contributed by atoms with Crippen LogP contribution in [0.1, 0.15) is 73.1 Å². The summed E-state index contributed by atoms with van der Waals surface area (Å²) in [5.74, 6) is -1.37. The molecule has 0 radical (unpaired) electrons. The van der Waals surface area contributed by atoms with Crippen molar-refractivity contribution in [1.82, 2.24) is 0 Å². The van der Waals surface area contributed by atoms with Gasteiger partial charge in [-0.3, -0.25) is 0 Å². The van der Waals surface area contributed by atoms with E-state index in [1.54, 1.807) is 0 Å². The second-order valence-corrected chi connectivity index (χ2v) is 8.05. The van der Waals surface area contributed by atoms with Gasteiger partial charge in [-0.2, -0.15) is 0 Å². The smallest absolute Gasteiger partial charge is 0.164 e. The molecule has 146 valence electrons. The number of rotatable bonds is 9. The van der Waals surface area contributed by atoms with E-state index >= 15 is 0 Å². The fourth-order valence-corrected chi connectivity index (χ4v) is 3.42. The van der Waals surface area contributed by atoms with Crippen molar-refractivity contribution in [3.05, 3.63) is 12.2 Å². The standard InChI is InChI=1S/C20H36O5/c1-6-7-8-9-10-11-12-13-15-18(25-20(4,5)23-15)17(21)16-14-22-19(2,3)24-16/h12-13,15-18,21H,6-11,14H2,1-5H3/b13-12-. The van der Waals surface area contributed by atoms with Crippen molar-refractivity contribution >= 4 is 0 Å². The molecule has 25 heavy (non-hydrogen) atoms. The lowest BCUT2D eigenvalue weighted by atomic mass is 10.0. The quantitative estimate of drug-likeness (QED) is 0.501. The molecule has 5 heteroatoms. The van der Waals surface area contributed by atoms with E-state index in [0.717, 1.165) is 6.42 Å². The van der Waals surface area contributed by atoms with Crippen molar-refractivity contribution in [2.75, 3.05) is 6.61 Å². The fraction of sp³-hybridized carbons (Fsp3) is 0.900. The van der Waals surface area contributed by atoms with Crippen LogP contribution in [0.2, 0.25) is 0 Å². The first-order chi connectivity index (χ1) is 11.7. The van der Waals surface area contributed by atoms with Crippen molar-refractivity contribution in [3.8, 4) is 0 Å². The molecule has 2 aliphatic heterocycles. The molecule has 2 saturated heterocycles. The highest BCUT2D eigenvalue weighted by Gasteiger charge is 2.48. The fourth-order valence-electron chi connectivity index (χ4n) is 3.42. The molecule has 0 amide bonds. The van der Waals surface area contributed by atoms with E-state index < -0.39 is 29.9 Å². The minimum Gasteiger partial charge on any atom is -0.387 e. The van der Waals surface area contributed by atoms with Crippen LogP contribution in [-0.2, 0) is 18.9 Å². The Hall–Kier alpha value is -0.460. The highest BCUT2D eigenvalue weighted by molar-refractivity contribution is 5.02. The molecule has 0 aromatic heterocycles. The third kappa shape index (κ3) is 6.33. The number of unbranched alkanes of at least 4 members (excludes halogenated alkanes) is 5. The average Bonchev–Trinajstić information content (AvgIpc) is 3.04. The van der Waals surface area contributed by atoms with E-state index in [2.05, 4.69) is 13.0 Å². The van der Waals surface area contributed by atoms with Crippen molar-refractivity contribution < 1.29 is 24.1 Å². The van der Waals surface area contributed by atoms with Crippen LogP contribution >= 0.6 is 0 Å². The van der Waals surface area contributed by atoms with Crippen LogP contribution in [0.5, 0.6) is 0 Å². The molecule has 0 aromatic carbocycles. The lowest BCUT2D eigenvalue weighted by Crippen LogP contribution is -2.44. The lowest BCUT2D eigenvalue weighted by molar-refractivity contribution is -0.178. The summed E-state index contributed by atoms with van der Waals surface area (Å²) in [4.78, 5) is 0. The zero-order valence-electron chi connectivity index (χ0n) is 16.5. The van der Waals surface area contributed by atoms with Gasteiger partial charge in [-0.15, -0.1) is 0 Å². The van der Waals surface area contributed by atoms with Crippen LogP contribution in [0.4, 0.5) is 0 Å². The van der Waals surface area contributed by atoms with E-state index in [1.165, 1.54) is 32.1 Å². The summed E-state index contributed by atoms with van der Waals surface area (Å²) in [6.07, 6.45) is 9.63. The normalized spacial score (nSPS) is 32.5. The summed E-state index contributed by atoms with van der Waals surface area (Å²) in [5, 5.41) is 10.7. The molecule has 5 nitrogen and oxygen atoms in total. The summed E-state index contributed by atoms with van der Waals surface area (Å²) in [5.41, 5.74) is 0. The zero-order valence-corrected chi connectivity index (χ0v) is 16.5. The molecule has 2 rings (SSSR count). The Morgan fingerprint density at radius 2 is 1.72 bits per heavy atom. The molecule has 1 N–H and O–H groups in total. The van der Waals surface area contributed by atoms with Crippen molar-refractivity contribution in [2.24, 2.45) is 0 Å². The second kappa shape index (κ2) is 8.96. The summed E-state index contributed by atoms with van der Waals surface area (Å²) >= 11 is 0. The van der Waals surface area contributed by atoms with Crippen LogP contribution in [-0.4, -0.2) is 47.7 Å². The highest BCUT2D eigenvalue weighted by atomic mass is 16.8. The van der Waals surface area contributed by atoms with Gasteiger partial charge in [0.25, 0.3) is 0 Å². The molecule has 4 atom stereocenters. The van der Waals surface area contributed by atoms with E-state index in [1.807, 2.05) is 33.8 Å². The van der Waals surface area contributed by atoms with Gasteiger partial charge in [-0.1, -0.05) is 44.8 Å². The van der Waals surface area contributed by atoms with Crippen molar-refractivity contribution in [2.45, 2.75) is 109 Å². The SMILES string of the molecule is CCCCCCC/C=C\C1OC(C)(C)OC1C(O)C1COC(C)(C)O1. The predicted molar refractivity (Wildman–Crippen MR) is 97.3 cm³/mol. The monoisotopic (exact) mass is 356 g/mol. The first-order valence-electron chi connectivity index (χ1n) is 9.76. The third-order valence-electron chi connectivity index (χ3n) is 4.71. The van der Waals surface area contributed by atoms with Gasteiger partial charge in [0.2, 0.25) is 0 Å². The molecule has 2 fully saturated rings. The number of hydrogen-bond acceptors (Lipinski definition) is 5. The van der Waals surface area contributed by atoms with Gasteiger partial charge in [0.1, 0.15) is 24.4 Å². The molecule has 2 heterocycles. The van der Waals surface area contributed by atoms with Gasteiger partial charge >= 0.3 is 0 Å². The minimum absolute atomic E-state index is 0.270. The molecule has 4 unspecified atom stereocenters. The van der Waals surface area contributed by atoms with Crippen LogP contribution in [0, 0.1) is 0 Å². The number of ether oxygens (including phenoxy) is 4. The Labute approximate surface area is 152 Å². The number of allylic oxidation sites excluding steroid dienone is 1. The molecule has 0 aliphatic carbocycles. The molecule has 0 bridgehead atoms. The Kier molecular flexibility index (Phi) is 7.47. The van der Waals surface area contributed by atoms with Gasteiger partial charge in [-0.25, -0.2) is 0 Å². The van der Waals surface area contributed by atoms with E-state index in [0.29, 0.717) is 6.61 Å². The maximum Gasteiger partial charge on any atom is 0.164 e. The minimum atomic E-state index is -0.789. The Balaban J connectivity index is 1.87. The topological polar surface area (TPSA) is 57.2 Å². The van der Waals surface area contributed by atoms with Gasteiger partial charge in [0.05, 0.1) is 6.61 Å². The maximum absolute atomic E-state index is 10.7. The number of hydrogen-bond donors (Lipinski definition) is 1. The van der Waals surface area contributed by atoms with Crippen LogP contribution in [0.3, 0.4) is 0 Å². The molecular formula is C20H36O5.